The molecule has 3 atom stereocenters. The SMILES string of the molecule is O=C(O)N(CCc1sc(NC2CC3C=CC2C3)nc1O)c1cccc(Oc2ccccc2)c1. The number of nitrogens with zero attached hydrogens (tertiary/aromatic N) is 2. The van der Waals surface area contributed by atoms with E-state index in [1.807, 2.05) is 30.3 Å². The molecule has 0 aliphatic heterocycles. The quantitative estimate of drug-likeness (QED) is 0.369. The number of carboxylic acid groups (broad SMARTS) is 1. The van der Waals surface area contributed by atoms with Crippen molar-refractivity contribution in [2.24, 2.45) is 11.8 Å². The molecule has 2 bridgehead atoms. The number of ether oxygens (including phenoxy) is 1. The summed E-state index contributed by atoms with van der Waals surface area (Å²) < 4.78 is 5.84. The van der Waals surface area contributed by atoms with Gasteiger partial charge in [0.25, 0.3) is 0 Å². The van der Waals surface area contributed by atoms with Gasteiger partial charge < -0.3 is 20.3 Å². The maximum Gasteiger partial charge on any atom is 0.411 e. The lowest BCUT2D eigenvalue weighted by atomic mass is 10.0. The largest absolute Gasteiger partial charge is 0.492 e. The topological polar surface area (TPSA) is 94.9 Å². The number of para-hydroxylation sites is 1. The van der Waals surface area contributed by atoms with Gasteiger partial charge in [-0.15, -0.1) is 0 Å². The number of benzene rings is 2. The van der Waals surface area contributed by atoms with Gasteiger partial charge in [0.1, 0.15) is 11.5 Å². The molecule has 1 amide bonds. The molecule has 1 saturated carbocycles. The summed E-state index contributed by atoms with van der Waals surface area (Å²) in [6, 6.07) is 16.7. The third kappa shape index (κ3) is 4.80. The first-order chi connectivity index (χ1) is 16.0. The molecular formula is C25H25N3O4S. The van der Waals surface area contributed by atoms with Crippen molar-refractivity contribution in [3.8, 4) is 17.4 Å². The highest BCUT2D eigenvalue weighted by Gasteiger charge is 2.36. The molecule has 170 valence electrons. The molecule has 1 aromatic heterocycles. The van der Waals surface area contributed by atoms with Gasteiger partial charge in [0, 0.05) is 25.1 Å². The second kappa shape index (κ2) is 9.15. The molecule has 1 fully saturated rings. The maximum absolute atomic E-state index is 12.0. The number of nitrogens with one attached hydrogen (secondary N) is 1. The van der Waals surface area contributed by atoms with Crippen LogP contribution in [-0.4, -0.2) is 33.9 Å². The van der Waals surface area contributed by atoms with Crippen molar-refractivity contribution >= 4 is 28.2 Å². The molecule has 7 nitrogen and oxygen atoms in total. The molecule has 3 unspecified atom stereocenters. The third-order valence-electron chi connectivity index (χ3n) is 6.17. The monoisotopic (exact) mass is 463 g/mol. The highest BCUT2D eigenvalue weighted by Crippen LogP contribution is 2.41. The molecule has 1 heterocycles. The van der Waals surface area contributed by atoms with Gasteiger partial charge in [-0.05, 0) is 48.9 Å². The van der Waals surface area contributed by atoms with Crippen molar-refractivity contribution in [1.29, 1.82) is 0 Å². The summed E-state index contributed by atoms with van der Waals surface area (Å²) in [5.41, 5.74) is 0.507. The minimum atomic E-state index is -1.07. The Labute approximate surface area is 196 Å². The first kappa shape index (κ1) is 21.3. The number of aromatic nitrogens is 1. The fourth-order valence-electron chi connectivity index (χ4n) is 4.56. The van der Waals surface area contributed by atoms with Crippen LogP contribution in [-0.2, 0) is 6.42 Å². The first-order valence-corrected chi connectivity index (χ1v) is 11.8. The van der Waals surface area contributed by atoms with E-state index in [-0.39, 0.29) is 12.4 Å². The molecule has 0 saturated heterocycles. The molecular weight excluding hydrogens is 438 g/mol. The zero-order valence-electron chi connectivity index (χ0n) is 17.9. The summed E-state index contributed by atoms with van der Waals surface area (Å²) in [6.07, 6.45) is 6.11. The smallest absolute Gasteiger partial charge is 0.411 e. The van der Waals surface area contributed by atoms with E-state index in [0.29, 0.717) is 51.5 Å². The molecule has 0 spiro atoms. The predicted molar refractivity (Wildman–Crippen MR) is 129 cm³/mol. The van der Waals surface area contributed by atoms with Crippen LogP contribution in [0, 0.1) is 11.8 Å². The van der Waals surface area contributed by atoms with Crippen molar-refractivity contribution in [2.45, 2.75) is 25.3 Å². The van der Waals surface area contributed by atoms with Crippen LogP contribution in [0.3, 0.4) is 0 Å². The number of hydrogen-bond donors (Lipinski definition) is 3. The van der Waals surface area contributed by atoms with Crippen molar-refractivity contribution in [2.75, 3.05) is 16.8 Å². The number of aromatic hydroxyl groups is 1. The fraction of sp³-hybridized carbons (Fsp3) is 0.280. The molecule has 3 N–H and O–H groups in total. The van der Waals surface area contributed by atoms with Gasteiger partial charge in [-0.1, -0.05) is 47.8 Å². The number of thiazole rings is 1. The fourth-order valence-corrected chi connectivity index (χ4v) is 5.47. The molecule has 5 rings (SSSR count). The van der Waals surface area contributed by atoms with Gasteiger partial charge in [0.05, 0.1) is 10.6 Å². The first-order valence-electron chi connectivity index (χ1n) is 11.0. The van der Waals surface area contributed by atoms with Crippen LogP contribution >= 0.6 is 11.3 Å². The molecule has 8 heteroatoms. The van der Waals surface area contributed by atoms with Gasteiger partial charge in [-0.3, -0.25) is 4.90 Å². The van der Waals surface area contributed by atoms with Crippen LogP contribution in [0.15, 0.2) is 66.7 Å². The normalized spacial score (nSPS) is 20.7. The van der Waals surface area contributed by atoms with E-state index in [9.17, 15) is 15.0 Å². The number of anilines is 2. The van der Waals surface area contributed by atoms with Crippen molar-refractivity contribution in [1.82, 2.24) is 4.98 Å². The number of allylic oxidation sites excluding steroid dienone is 1. The van der Waals surface area contributed by atoms with Gasteiger partial charge >= 0.3 is 6.09 Å². The lowest BCUT2D eigenvalue weighted by Gasteiger charge is -2.20. The minimum absolute atomic E-state index is 0.0345. The lowest BCUT2D eigenvalue weighted by Crippen LogP contribution is -2.31. The summed E-state index contributed by atoms with van der Waals surface area (Å²) in [5.74, 6) is 2.37. The maximum atomic E-state index is 12.0. The molecule has 0 radical (unpaired) electrons. The number of rotatable bonds is 8. The van der Waals surface area contributed by atoms with Crippen LogP contribution in [0.4, 0.5) is 15.6 Å². The van der Waals surface area contributed by atoms with Gasteiger partial charge in [0.2, 0.25) is 5.88 Å². The van der Waals surface area contributed by atoms with Crippen LogP contribution in [0.1, 0.15) is 17.7 Å². The Morgan fingerprint density at radius 2 is 1.94 bits per heavy atom. The van der Waals surface area contributed by atoms with E-state index in [1.54, 1.807) is 24.3 Å². The Morgan fingerprint density at radius 3 is 2.67 bits per heavy atom. The van der Waals surface area contributed by atoms with E-state index in [1.165, 1.54) is 22.7 Å². The number of hydrogen-bond acceptors (Lipinski definition) is 6. The zero-order valence-corrected chi connectivity index (χ0v) is 18.7. The molecule has 2 aromatic carbocycles. The minimum Gasteiger partial charge on any atom is -0.492 e. The molecule has 2 aliphatic rings. The lowest BCUT2D eigenvalue weighted by molar-refractivity contribution is 0.202. The Balaban J connectivity index is 1.25. The summed E-state index contributed by atoms with van der Waals surface area (Å²) in [6.45, 7) is 0.191. The van der Waals surface area contributed by atoms with Crippen LogP contribution < -0.4 is 15.0 Å². The second-order valence-electron chi connectivity index (χ2n) is 8.39. The average molecular weight is 464 g/mol. The third-order valence-corrected chi connectivity index (χ3v) is 7.20. The Hall–Kier alpha value is -3.52. The Morgan fingerprint density at radius 1 is 1.12 bits per heavy atom. The molecule has 3 aromatic rings. The standard InChI is InChI=1S/C25H25N3O4S/c29-23-22(33-24(27-23)26-21-14-16-9-10-17(21)13-16)11-12-28(25(30)31)18-5-4-8-20(15-18)32-19-6-2-1-3-7-19/h1-10,15-17,21,29H,11-14H2,(H,26,27)(H,30,31). The molecule has 2 aliphatic carbocycles. The average Bonchev–Trinajstić information content (AvgIpc) is 3.51. The highest BCUT2D eigenvalue weighted by atomic mass is 32.1. The number of amides is 1. The summed E-state index contributed by atoms with van der Waals surface area (Å²) in [7, 11) is 0. The van der Waals surface area contributed by atoms with Crippen LogP contribution in [0.2, 0.25) is 0 Å². The van der Waals surface area contributed by atoms with E-state index >= 15 is 0 Å². The van der Waals surface area contributed by atoms with Gasteiger partial charge in [-0.2, -0.15) is 4.98 Å². The van der Waals surface area contributed by atoms with E-state index in [4.69, 9.17) is 4.74 Å². The van der Waals surface area contributed by atoms with E-state index in [0.717, 1.165) is 6.42 Å². The summed E-state index contributed by atoms with van der Waals surface area (Å²) >= 11 is 1.39. The number of carbonyl (C=O) groups is 1. The van der Waals surface area contributed by atoms with Crippen LogP contribution in [0.5, 0.6) is 17.4 Å². The summed E-state index contributed by atoms with van der Waals surface area (Å²) in [4.78, 5) is 18.2. The van der Waals surface area contributed by atoms with Crippen molar-refractivity contribution < 1.29 is 19.7 Å². The zero-order chi connectivity index (χ0) is 22.8. The second-order valence-corrected chi connectivity index (χ2v) is 9.48. The molecule has 33 heavy (non-hydrogen) atoms. The van der Waals surface area contributed by atoms with Crippen LogP contribution in [0.25, 0.3) is 0 Å². The predicted octanol–water partition coefficient (Wildman–Crippen LogP) is 5.74. The van der Waals surface area contributed by atoms with Crippen molar-refractivity contribution in [3.63, 3.8) is 0 Å². The van der Waals surface area contributed by atoms with Crippen molar-refractivity contribution in [3.05, 3.63) is 71.6 Å². The van der Waals surface area contributed by atoms with E-state index < -0.39 is 6.09 Å². The highest BCUT2D eigenvalue weighted by molar-refractivity contribution is 7.15. The van der Waals surface area contributed by atoms with E-state index in [2.05, 4.69) is 22.5 Å². The Kier molecular flexibility index (Phi) is 5.92. The van der Waals surface area contributed by atoms with Gasteiger partial charge in [-0.25, -0.2) is 4.79 Å². The summed E-state index contributed by atoms with van der Waals surface area (Å²) in [5, 5.41) is 24.3. The number of fused-ring (bicyclic) bond motifs is 2. The van der Waals surface area contributed by atoms with Gasteiger partial charge in [0.15, 0.2) is 5.13 Å². The Bertz CT molecular complexity index is 1160.